The zero-order valence-corrected chi connectivity index (χ0v) is 94.3. The number of carbonyl (C=O) groups is 4. The van der Waals surface area contributed by atoms with Gasteiger partial charge in [0.1, 0.15) is 8.07 Å². The van der Waals surface area contributed by atoms with E-state index in [4.69, 9.17) is 11.5 Å². The topological polar surface area (TPSA) is 116 Å². The van der Waals surface area contributed by atoms with Crippen molar-refractivity contribution >= 4 is 401 Å². The minimum absolute atomic E-state index is 0.110. The molecular weight excluding hydrogens is 3830 g/mol. The molecule has 0 saturated heterocycles. The van der Waals surface area contributed by atoms with Crippen LogP contribution in [0.4, 0.5) is 0 Å². The molecule has 76 heavy (non-hydrogen) atoms. The standard InChI is InChI=1S/C14H18O2Si.C11H10O2.C9H9IO2.C8H7IO2.I10.I9.I4/c1-16-14(15)11-13-8-6-5-7-12(13)9-10-17(2,3)4;1-3-9-6-4-5-7-10(9)8-11(12)13-2;1-12-9(11)6-7-4-2-3-5-8(7)10;9-7-4-2-1-3-6(7)5-8(10)11;1-7(2)9(5)10(6)8(3)4;1-6-8(4)9(5)7(2)3;1-4(2)3/h5-8H,11H2,1-4H3;1,4-7H,8H2,2H3;2-5H,6H2,1H3;1-4H,5H2,(H,10,11);;;/q;;;;;-1;. The second-order valence-corrected chi connectivity index (χ2v) is 427. The maximum Gasteiger partial charge on any atom is 0.307 e. The third kappa shape index (κ3) is 53.6. The normalized spacial score (nSPS) is 11.3. The predicted octanol–water partition coefficient (Wildman–Crippen LogP) is 24.4. The van der Waals surface area contributed by atoms with E-state index >= 15 is 0 Å². The van der Waals surface area contributed by atoms with Crippen molar-refractivity contribution in [3.63, 3.8) is 0 Å². The number of aliphatic carboxylic acids is 1. The molecule has 0 atom stereocenters. The Morgan fingerprint density at radius 1 is 0.526 bits per heavy atom. The summed E-state index contributed by atoms with van der Waals surface area (Å²) in [5, 5.41) is 8.49. The fraction of sp³-hybridized carbons (Fsp3) is 0.238. The Morgan fingerprint density at radius 2 is 0.829 bits per heavy atom. The quantitative estimate of drug-likeness (QED) is 0.0436. The van der Waals surface area contributed by atoms with E-state index < -0.39 is 14.0 Å². The van der Waals surface area contributed by atoms with Crippen molar-refractivity contribution in [2.75, 3.05) is 21.3 Å². The number of benzene rings is 4. The number of hydrogen-bond donors (Lipinski definition) is 1. The van der Waals surface area contributed by atoms with E-state index in [0.717, 1.165) is 40.5 Å². The van der Waals surface area contributed by atoms with E-state index in [1.807, 2.05) is 91.0 Å². The average Bonchev–Trinajstić information content (AvgIpc) is 3.36. The van der Waals surface area contributed by atoms with Gasteiger partial charge in [-0.2, -0.15) is 0 Å². The Kier molecular flexibility index (Phi) is 71.4. The van der Waals surface area contributed by atoms with E-state index in [2.05, 4.69) is 357 Å². The third-order valence-corrected chi connectivity index (χ3v) is 919. The molecule has 0 aliphatic carbocycles. The molecule has 0 radical (unpaired) electrons. The molecule has 8 nitrogen and oxygen atoms in total. The van der Waals surface area contributed by atoms with Crippen molar-refractivity contribution in [1.82, 2.24) is 0 Å². The summed E-state index contributed by atoms with van der Waals surface area (Å²) in [4.78, 5) is 43.5. The van der Waals surface area contributed by atoms with Crippen LogP contribution in [0.1, 0.15) is 33.4 Å². The average molecular weight is 3880 g/mol. The molecule has 0 spiro atoms. The van der Waals surface area contributed by atoms with Gasteiger partial charge in [0.2, 0.25) is 0 Å². The second-order valence-electron chi connectivity index (χ2n) is 13.3. The van der Waals surface area contributed by atoms with Gasteiger partial charge in [-0.1, -0.05) is 104 Å². The molecule has 0 saturated carbocycles. The number of hydrogen-bond acceptors (Lipinski definition) is 7. The number of halogens is 25. The summed E-state index contributed by atoms with van der Waals surface area (Å²) < 4.78 is 15.9. The first-order valence-electron chi connectivity index (χ1n) is 19.0. The molecule has 440 valence electrons. The first-order valence-corrected chi connectivity index (χ1v) is 150. The van der Waals surface area contributed by atoms with Crippen LogP contribution in [-0.4, -0.2) is 58.4 Å². The van der Waals surface area contributed by atoms with Gasteiger partial charge in [-0.3, -0.25) is 19.2 Å². The van der Waals surface area contributed by atoms with Crippen molar-refractivity contribution < 1.29 is 51.8 Å². The predicted molar refractivity (Wildman–Crippen MR) is 536 cm³/mol. The molecule has 1 N–H and O–H groups in total. The van der Waals surface area contributed by atoms with Gasteiger partial charge in [-0.15, -0.1) is 12.0 Å². The maximum atomic E-state index is 11.3. The molecule has 4 rings (SSSR count). The van der Waals surface area contributed by atoms with Crippen molar-refractivity contribution in [1.29, 1.82) is 0 Å². The molecule has 0 aromatic heterocycles. The zero-order valence-electron chi connectivity index (χ0n) is 39.4. The van der Waals surface area contributed by atoms with Crippen LogP contribution in [-0.2, 0) is 59.1 Å². The first-order chi connectivity index (χ1) is 35.4. The van der Waals surface area contributed by atoms with Gasteiger partial charge < -0.3 is 19.3 Å². The number of carboxylic acids is 1. The molecule has 0 bridgehead atoms. The smallest absolute Gasteiger partial charge is 0.307 e. The fourth-order valence-corrected chi connectivity index (χ4v) is 1470. The minimum Gasteiger partial charge on any atom is -0.481 e. The van der Waals surface area contributed by atoms with Crippen LogP contribution in [0.3, 0.4) is 0 Å². The van der Waals surface area contributed by atoms with Crippen LogP contribution in [0, 0.1) is 30.9 Å². The number of carbonyl (C=O) groups excluding carboxylic acids is 3. The monoisotopic (exact) mass is 3880 g/mol. The van der Waals surface area contributed by atoms with E-state index in [0.29, 0.717) is 19.7 Å². The van der Waals surface area contributed by atoms with E-state index in [1.54, 1.807) is 6.07 Å². The number of ether oxygens (including phenoxy) is 3. The van der Waals surface area contributed by atoms with Crippen molar-refractivity contribution in [2.45, 2.75) is 45.3 Å². The number of terminal acetylenes is 1. The zero-order chi connectivity index (χ0) is 59.1. The van der Waals surface area contributed by atoms with Gasteiger partial charge in [0.15, 0.2) is 0 Å². The minimum atomic E-state index is -1.39. The number of carboxylic acid groups (broad SMARTS) is 1. The summed E-state index contributed by atoms with van der Waals surface area (Å²) in [5.41, 5.74) is 8.64. The fourth-order valence-electron chi connectivity index (χ4n) is 4.10. The van der Waals surface area contributed by atoms with Crippen LogP contribution >= 0.6 is 369 Å². The molecule has 0 aliphatic heterocycles. The van der Waals surface area contributed by atoms with Gasteiger partial charge in [-0.25, -0.2) is 0 Å². The largest absolute Gasteiger partial charge is 0.481 e. The van der Waals surface area contributed by atoms with E-state index in [1.165, 1.54) is 21.3 Å². The van der Waals surface area contributed by atoms with Crippen LogP contribution in [0.25, 0.3) is 0 Å². The van der Waals surface area contributed by atoms with Crippen LogP contribution in [0.2, 0.25) is 19.6 Å². The molecule has 0 heterocycles. The number of methoxy groups -OCH3 is 3. The molecular formula is C42H44I25O8Si-. The van der Waals surface area contributed by atoms with Crippen molar-refractivity contribution in [2.24, 2.45) is 0 Å². The Bertz CT molecular complexity index is 2390. The summed E-state index contributed by atoms with van der Waals surface area (Å²) in [6.45, 7) is 6.59. The summed E-state index contributed by atoms with van der Waals surface area (Å²) in [7, 11) is 0.322. The molecule has 0 aliphatic rings. The van der Waals surface area contributed by atoms with Crippen LogP contribution in [0.5, 0.6) is 0 Å². The second kappa shape index (κ2) is 58.7. The summed E-state index contributed by atoms with van der Waals surface area (Å²) in [5.74, 6) is 4.22. The molecule has 4 aromatic rings. The van der Waals surface area contributed by atoms with Gasteiger partial charge in [0.05, 0.1) is 47.0 Å². The Balaban J connectivity index is -0.000000839. The number of esters is 3. The molecule has 0 unspecified atom stereocenters. The third-order valence-electron chi connectivity index (χ3n) is 7.16. The Labute approximate surface area is 659 Å². The van der Waals surface area contributed by atoms with Crippen LogP contribution in [0.15, 0.2) is 97.1 Å². The van der Waals surface area contributed by atoms with Gasteiger partial charge >= 0.3 is 361 Å². The van der Waals surface area contributed by atoms with Gasteiger partial charge in [0, 0.05) is 18.3 Å². The van der Waals surface area contributed by atoms with E-state index in [-0.39, 0.29) is 100 Å². The SMILES string of the molecule is C#Cc1ccccc1CC(=O)OC.COC(=O)Cc1ccccc1C#C[Si](C)(C)C.COC(=O)Cc1ccccc1I.II(I)I.II(I)I(I)I(I)I(I)I.I[I-]I(I)I(I)I(I)I.O=C(O)Cc1ccccc1I. The van der Waals surface area contributed by atoms with E-state index in [9.17, 15) is 19.2 Å². The van der Waals surface area contributed by atoms with Crippen molar-refractivity contribution in [3.05, 3.63) is 138 Å². The van der Waals surface area contributed by atoms with Gasteiger partial charge in [0.25, 0.3) is 0 Å². The Hall–Kier alpha value is 12.3. The summed E-state index contributed by atoms with van der Waals surface area (Å²) in [6.07, 6.45) is 6.25. The summed E-state index contributed by atoms with van der Waals surface area (Å²) >= 11 is 43.2. The number of rotatable bonds is 14. The van der Waals surface area contributed by atoms with Gasteiger partial charge in [-0.05, 0) is 91.7 Å². The molecule has 0 amide bonds. The molecule has 34 heteroatoms. The molecule has 0 fully saturated rings. The maximum absolute atomic E-state index is 11.3. The molecule has 4 aromatic carbocycles. The van der Waals surface area contributed by atoms with Crippen LogP contribution < -0.4 is 13.3 Å². The first kappa shape index (κ1) is 92.5. The summed E-state index contributed by atoms with van der Waals surface area (Å²) in [6, 6.07) is 30.3. The van der Waals surface area contributed by atoms with Crippen molar-refractivity contribution in [3.8, 4) is 23.8 Å². The Morgan fingerprint density at radius 3 is 1.12 bits per heavy atom.